The molecule has 1 saturated carbocycles. The van der Waals surface area contributed by atoms with Crippen molar-refractivity contribution in [1.29, 1.82) is 0 Å². The Morgan fingerprint density at radius 2 is 1.62 bits per heavy atom. The van der Waals surface area contributed by atoms with Crippen LogP contribution < -0.4 is 0 Å². The van der Waals surface area contributed by atoms with E-state index in [1.165, 1.54) is 12.8 Å². The molecule has 1 aliphatic rings. The van der Waals surface area contributed by atoms with Crippen molar-refractivity contribution >= 4 is 0 Å². The van der Waals surface area contributed by atoms with Crippen molar-refractivity contribution in [2.45, 2.75) is 60.2 Å². The Labute approximate surface area is 101 Å². The van der Waals surface area contributed by atoms with Crippen molar-refractivity contribution in [2.75, 3.05) is 13.2 Å². The molecule has 0 spiro atoms. The predicted molar refractivity (Wildman–Crippen MR) is 67.3 cm³/mol. The first-order valence-electron chi connectivity index (χ1n) is 6.79. The van der Waals surface area contributed by atoms with E-state index in [1.54, 1.807) is 0 Å². The maximum absolute atomic E-state index is 5.63. The van der Waals surface area contributed by atoms with E-state index in [0.717, 1.165) is 31.5 Å². The first kappa shape index (κ1) is 14.0. The van der Waals surface area contributed by atoms with Gasteiger partial charge in [-0.15, -0.1) is 0 Å². The Morgan fingerprint density at radius 3 is 2.00 bits per heavy atom. The average Bonchev–Trinajstić information content (AvgIpc) is 2.24. The van der Waals surface area contributed by atoms with Crippen LogP contribution in [0.2, 0.25) is 0 Å². The second-order valence-electron chi connectivity index (χ2n) is 5.44. The fourth-order valence-corrected chi connectivity index (χ4v) is 3.00. The van der Waals surface area contributed by atoms with Gasteiger partial charge in [0.15, 0.2) is 6.29 Å². The summed E-state index contributed by atoms with van der Waals surface area (Å²) in [5, 5.41) is 0. The van der Waals surface area contributed by atoms with E-state index in [-0.39, 0.29) is 6.29 Å². The van der Waals surface area contributed by atoms with Gasteiger partial charge in [-0.25, -0.2) is 0 Å². The first-order chi connectivity index (χ1) is 7.56. The highest BCUT2D eigenvalue weighted by Crippen LogP contribution is 2.54. The van der Waals surface area contributed by atoms with Crippen LogP contribution in [0.3, 0.4) is 0 Å². The SMILES string of the molecule is CCOC(CC1CC(CC)C1(C)C)OCC. The Bertz CT molecular complexity index is 195. The molecule has 16 heavy (non-hydrogen) atoms. The lowest BCUT2D eigenvalue weighted by Gasteiger charge is -2.53. The van der Waals surface area contributed by atoms with Crippen molar-refractivity contribution in [3.8, 4) is 0 Å². The maximum Gasteiger partial charge on any atom is 0.157 e. The fourth-order valence-electron chi connectivity index (χ4n) is 3.00. The molecule has 0 N–H and O–H groups in total. The van der Waals surface area contributed by atoms with Gasteiger partial charge >= 0.3 is 0 Å². The molecule has 0 aromatic rings. The van der Waals surface area contributed by atoms with E-state index in [1.807, 2.05) is 13.8 Å². The van der Waals surface area contributed by atoms with Gasteiger partial charge in [-0.05, 0) is 37.5 Å². The Morgan fingerprint density at radius 1 is 1.06 bits per heavy atom. The molecule has 0 bridgehead atoms. The molecule has 0 amide bonds. The summed E-state index contributed by atoms with van der Waals surface area (Å²) in [6.07, 6.45) is 3.72. The van der Waals surface area contributed by atoms with Crippen LogP contribution in [0.5, 0.6) is 0 Å². The second-order valence-corrected chi connectivity index (χ2v) is 5.44. The number of rotatable bonds is 7. The molecule has 1 fully saturated rings. The van der Waals surface area contributed by atoms with Crippen LogP contribution in [-0.4, -0.2) is 19.5 Å². The summed E-state index contributed by atoms with van der Waals surface area (Å²) in [5.74, 6) is 1.65. The maximum atomic E-state index is 5.63. The molecule has 2 unspecified atom stereocenters. The summed E-state index contributed by atoms with van der Waals surface area (Å²) >= 11 is 0. The Balaban J connectivity index is 2.41. The topological polar surface area (TPSA) is 18.5 Å². The van der Waals surface area contributed by atoms with Crippen LogP contribution in [0.15, 0.2) is 0 Å². The molecular formula is C14H28O2. The molecule has 2 heteroatoms. The van der Waals surface area contributed by atoms with Crippen molar-refractivity contribution in [2.24, 2.45) is 17.3 Å². The molecule has 0 aromatic carbocycles. The molecule has 2 nitrogen and oxygen atoms in total. The standard InChI is InChI=1S/C14H28O2/c1-6-11-9-12(14(11,4)5)10-13(15-7-2)16-8-3/h11-13H,6-10H2,1-5H3. The third-order valence-corrected chi connectivity index (χ3v) is 4.35. The fraction of sp³-hybridized carbons (Fsp3) is 1.00. The van der Waals surface area contributed by atoms with E-state index >= 15 is 0 Å². The number of ether oxygens (including phenoxy) is 2. The molecule has 1 rings (SSSR count). The van der Waals surface area contributed by atoms with E-state index in [2.05, 4.69) is 20.8 Å². The van der Waals surface area contributed by atoms with Crippen molar-refractivity contribution in [3.05, 3.63) is 0 Å². The normalized spacial score (nSPS) is 28.1. The number of hydrogen-bond donors (Lipinski definition) is 0. The largest absolute Gasteiger partial charge is 0.353 e. The third-order valence-electron chi connectivity index (χ3n) is 4.35. The summed E-state index contributed by atoms with van der Waals surface area (Å²) < 4.78 is 11.3. The van der Waals surface area contributed by atoms with Gasteiger partial charge in [0.05, 0.1) is 0 Å². The van der Waals surface area contributed by atoms with Crippen LogP contribution in [0, 0.1) is 17.3 Å². The third kappa shape index (κ3) is 2.98. The summed E-state index contributed by atoms with van der Waals surface area (Å²) in [6, 6.07) is 0. The van der Waals surface area contributed by atoms with E-state index in [9.17, 15) is 0 Å². The van der Waals surface area contributed by atoms with Gasteiger partial charge in [-0.2, -0.15) is 0 Å². The molecule has 0 radical (unpaired) electrons. The van der Waals surface area contributed by atoms with Gasteiger partial charge in [0.1, 0.15) is 0 Å². The smallest absolute Gasteiger partial charge is 0.157 e. The van der Waals surface area contributed by atoms with Gasteiger partial charge in [0.2, 0.25) is 0 Å². The van der Waals surface area contributed by atoms with Gasteiger partial charge < -0.3 is 9.47 Å². The molecule has 0 heterocycles. The molecule has 0 aromatic heterocycles. The zero-order chi connectivity index (χ0) is 12.2. The van der Waals surface area contributed by atoms with E-state index in [4.69, 9.17) is 9.47 Å². The van der Waals surface area contributed by atoms with Gasteiger partial charge in [-0.3, -0.25) is 0 Å². The minimum atomic E-state index is 0.0112. The van der Waals surface area contributed by atoms with Gasteiger partial charge in [0.25, 0.3) is 0 Å². The molecular weight excluding hydrogens is 200 g/mol. The van der Waals surface area contributed by atoms with Crippen molar-refractivity contribution in [1.82, 2.24) is 0 Å². The highest BCUT2D eigenvalue weighted by molar-refractivity contribution is 4.95. The lowest BCUT2D eigenvalue weighted by molar-refractivity contribution is -0.170. The zero-order valence-electron chi connectivity index (χ0n) is 11.6. The highest BCUT2D eigenvalue weighted by Gasteiger charge is 2.47. The summed E-state index contributed by atoms with van der Waals surface area (Å²) in [6.45, 7) is 12.6. The molecule has 96 valence electrons. The molecule has 0 saturated heterocycles. The average molecular weight is 228 g/mol. The summed E-state index contributed by atoms with van der Waals surface area (Å²) in [4.78, 5) is 0. The minimum Gasteiger partial charge on any atom is -0.353 e. The molecule has 0 aliphatic heterocycles. The lowest BCUT2D eigenvalue weighted by Crippen LogP contribution is -2.46. The highest BCUT2D eigenvalue weighted by atomic mass is 16.7. The van der Waals surface area contributed by atoms with Crippen molar-refractivity contribution < 1.29 is 9.47 Å². The van der Waals surface area contributed by atoms with Gasteiger partial charge in [-0.1, -0.05) is 27.2 Å². The quantitative estimate of drug-likeness (QED) is 0.616. The zero-order valence-corrected chi connectivity index (χ0v) is 11.6. The summed E-state index contributed by atoms with van der Waals surface area (Å²) in [5.41, 5.74) is 0.473. The van der Waals surface area contributed by atoms with E-state index in [0.29, 0.717) is 5.41 Å². The monoisotopic (exact) mass is 228 g/mol. The lowest BCUT2D eigenvalue weighted by atomic mass is 9.53. The van der Waals surface area contributed by atoms with Crippen LogP contribution in [0.25, 0.3) is 0 Å². The van der Waals surface area contributed by atoms with Gasteiger partial charge in [0, 0.05) is 19.6 Å². The van der Waals surface area contributed by atoms with Crippen LogP contribution in [0.1, 0.15) is 53.9 Å². The number of hydrogen-bond acceptors (Lipinski definition) is 2. The molecule has 2 atom stereocenters. The van der Waals surface area contributed by atoms with Crippen molar-refractivity contribution in [3.63, 3.8) is 0 Å². The predicted octanol–water partition coefficient (Wildman–Crippen LogP) is 3.85. The van der Waals surface area contributed by atoms with Crippen LogP contribution >= 0.6 is 0 Å². The van der Waals surface area contributed by atoms with E-state index < -0.39 is 0 Å². The van der Waals surface area contributed by atoms with Crippen LogP contribution in [-0.2, 0) is 9.47 Å². The minimum absolute atomic E-state index is 0.0112. The Kier molecular flexibility index (Phi) is 5.26. The Hall–Kier alpha value is -0.0800. The first-order valence-corrected chi connectivity index (χ1v) is 6.79. The second kappa shape index (κ2) is 6.02. The summed E-state index contributed by atoms with van der Waals surface area (Å²) in [7, 11) is 0. The molecule has 1 aliphatic carbocycles. The van der Waals surface area contributed by atoms with Crippen LogP contribution in [0.4, 0.5) is 0 Å².